The molecule has 5 heteroatoms. The first-order valence-corrected chi connectivity index (χ1v) is 6.05. The molecule has 1 aliphatic rings. The molecule has 0 aromatic heterocycles. The molecule has 0 saturated heterocycles. The molecule has 102 valence electrons. The molecule has 0 radical (unpaired) electrons. The number of fused-ring (bicyclic) bond motifs is 1. The first-order valence-electron chi connectivity index (χ1n) is 6.05. The zero-order chi connectivity index (χ0) is 13.8. The van der Waals surface area contributed by atoms with E-state index in [0.29, 0.717) is 19.0 Å². The van der Waals surface area contributed by atoms with E-state index < -0.39 is 5.97 Å². The van der Waals surface area contributed by atoms with Crippen molar-refractivity contribution in [2.75, 3.05) is 27.3 Å². The Bertz CT molecular complexity index is 496. The minimum atomic E-state index is -0.954. The highest BCUT2D eigenvalue weighted by molar-refractivity contribution is 5.79. The Kier molecular flexibility index (Phi) is 4.06. The van der Waals surface area contributed by atoms with E-state index in [1.807, 2.05) is 37.2 Å². The number of hydrogen-bond donors (Lipinski definition) is 1. The molecule has 0 saturated carbocycles. The molecule has 0 bridgehead atoms. The molecular weight excluding hydrogens is 246 g/mol. The Hall–Kier alpha value is -2.01. The number of aliphatic carboxylic acids is 1. The van der Waals surface area contributed by atoms with E-state index in [-0.39, 0.29) is 6.04 Å². The quantitative estimate of drug-likeness (QED) is 0.838. The Labute approximate surface area is 112 Å². The lowest BCUT2D eigenvalue weighted by Crippen LogP contribution is -2.20. The van der Waals surface area contributed by atoms with Crippen molar-refractivity contribution in [3.05, 3.63) is 35.9 Å². The first-order chi connectivity index (χ1) is 9.08. The Morgan fingerprint density at radius 3 is 2.63 bits per heavy atom. The molecule has 1 atom stereocenters. The summed E-state index contributed by atoms with van der Waals surface area (Å²) in [5, 5.41) is 8.73. The van der Waals surface area contributed by atoms with Gasteiger partial charge in [-0.05, 0) is 31.8 Å². The second kappa shape index (κ2) is 5.75. The number of hydrogen-bond acceptors (Lipinski definition) is 4. The van der Waals surface area contributed by atoms with Crippen LogP contribution in [0.1, 0.15) is 11.6 Å². The third-order valence-electron chi connectivity index (χ3n) is 2.89. The number of nitrogens with zero attached hydrogens (tertiary/aromatic N) is 1. The van der Waals surface area contributed by atoms with Crippen molar-refractivity contribution in [3.63, 3.8) is 0 Å². The molecule has 1 unspecified atom stereocenters. The predicted octanol–water partition coefficient (Wildman–Crippen LogP) is 1.70. The highest BCUT2D eigenvalue weighted by Crippen LogP contribution is 2.33. The number of likely N-dealkylation sites (N-methyl/N-ethyl adjacent to an activating group) is 1. The van der Waals surface area contributed by atoms with Gasteiger partial charge in [-0.15, -0.1) is 0 Å². The van der Waals surface area contributed by atoms with Crippen LogP contribution in [0.15, 0.2) is 30.4 Å². The summed E-state index contributed by atoms with van der Waals surface area (Å²) in [6, 6.07) is 5.55. The lowest BCUT2D eigenvalue weighted by molar-refractivity contribution is -0.131. The van der Waals surface area contributed by atoms with E-state index in [1.54, 1.807) is 6.08 Å². The molecule has 19 heavy (non-hydrogen) atoms. The number of carbonyl (C=O) groups is 1. The van der Waals surface area contributed by atoms with Crippen LogP contribution in [0.25, 0.3) is 0 Å². The van der Waals surface area contributed by atoms with Crippen molar-refractivity contribution < 1.29 is 19.4 Å². The number of rotatable bonds is 4. The highest BCUT2D eigenvalue weighted by Gasteiger charge is 2.16. The van der Waals surface area contributed by atoms with Crippen LogP contribution < -0.4 is 9.47 Å². The van der Waals surface area contributed by atoms with Crippen molar-refractivity contribution >= 4 is 5.97 Å². The summed E-state index contributed by atoms with van der Waals surface area (Å²) in [7, 11) is 3.79. The van der Waals surface area contributed by atoms with Crippen molar-refractivity contribution in [1.82, 2.24) is 4.90 Å². The van der Waals surface area contributed by atoms with Crippen LogP contribution in [-0.4, -0.2) is 43.3 Å². The van der Waals surface area contributed by atoms with Crippen molar-refractivity contribution in [2.24, 2.45) is 0 Å². The van der Waals surface area contributed by atoms with Crippen LogP contribution in [0.4, 0.5) is 0 Å². The average molecular weight is 263 g/mol. The maximum atomic E-state index is 10.6. The van der Waals surface area contributed by atoms with Gasteiger partial charge in [0.05, 0.1) is 6.04 Å². The fraction of sp³-hybridized carbons (Fsp3) is 0.357. The van der Waals surface area contributed by atoms with Crippen LogP contribution in [-0.2, 0) is 4.79 Å². The van der Waals surface area contributed by atoms with Gasteiger partial charge >= 0.3 is 5.97 Å². The second-order valence-corrected chi connectivity index (χ2v) is 4.51. The van der Waals surface area contributed by atoms with Gasteiger partial charge < -0.3 is 14.6 Å². The first kappa shape index (κ1) is 13.4. The van der Waals surface area contributed by atoms with Crippen LogP contribution in [0, 0.1) is 0 Å². The fourth-order valence-corrected chi connectivity index (χ4v) is 2.00. The van der Waals surface area contributed by atoms with Crippen molar-refractivity contribution in [3.8, 4) is 11.5 Å². The molecule has 1 aromatic rings. The normalized spacial score (nSPS) is 15.7. The Morgan fingerprint density at radius 2 is 2.00 bits per heavy atom. The molecule has 5 nitrogen and oxygen atoms in total. The zero-order valence-electron chi connectivity index (χ0n) is 11.0. The third-order valence-corrected chi connectivity index (χ3v) is 2.89. The summed E-state index contributed by atoms with van der Waals surface area (Å²) in [6.45, 7) is 1.09. The minimum Gasteiger partial charge on any atom is -0.486 e. The van der Waals surface area contributed by atoms with Crippen LogP contribution >= 0.6 is 0 Å². The summed E-state index contributed by atoms with van der Waals surface area (Å²) >= 11 is 0. The number of carboxylic acids is 1. The molecular formula is C14H17NO4. The molecule has 2 rings (SSSR count). The maximum Gasteiger partial charge on any atom is 0.328 e. The van der Waals surface area contributed by atoms with Gasteiger partial charge in [0.15, 0.2) is 11.5 Å². The number of carboxylic acid groups (broad SMARTS) is 1. The van der Waals surface area contributed by atoms with Crippen molar-refractivity contribution in [1.29, 1.82) is 0 Å². The maximum absolute atomic E-state index is 10.6. The van der Waals surface area contributed by atoms with Gasteiger partial charge in [-0.25, -0.2) is 4.79 Å². The van der Waals surface area contributed by atoms with E-state index in [0.717, 1.165) is 17.4 Å². The molecule has 1 N–H and O–H groups in total. The molecule has 0 amide bonds. The fourth-order valence-electron chi connectivity index (χ4n) is 2.00. The number of ether oxygens (including phenoxy) is 2. The second-order valence-electron chi connectivity index (χ2n) is 4.51. The lowest BCUT2D eigenvalue weighted by atomic mass is 10.0. The summed E-state index contributed by atoms with van der Waals surface area (Å²) in [5.74, 6) is 0.485. The van der Waals surface area contributed by atoms with E-state index in [9.17, 15) is 4.79 Å². The highest BCUT2D eigenvalue weighted by atomic mass is 16.6. The van der Waals surface area contributed by atoms with Gasteiger partial charge in [0.2, 0.25) is 0 Å². The van der Waals surface area contributed by atoms with Gasteiger partial charge in [0.1, 0.15) is 13.2 Å². The number of benzene rings is 1. The molecule has 0 aliphatic carbocycles. The van der Waals surface area contributed by atoms with Gasteiger partial charge in [0, 0.05) is 6.08 Å². The molecule has 0 fully saturated rings. The smallest absolute Gasteiger partial charge is 0.328 e. The largest absolute Gasteiger partial charge is 0.486 e. The summed E-state index contributed by atoms with van der Waals surface area (Å²) in [5.41, 5.74) is 0.965. The van der Waals surface area contributed by atoms with E-state index >= 15 is 0 Å². The van der Waals surface area contributed by atoms with E-state index in [4.69, 9.17) is 14.6 Å². The molecule has 0 spiro atoms. The van der Waals surface area contributed by atoms with Gasteiger partial charge in [-0.2, -0.15) is 0 Å². The molecule has 1 heterocycles. The lowest BCUT2D eigenvalue weighted by Gasteiger charge is -2.24. The van der Waals surface area contributed by atoms with E-state index in [1.165, 1.54) is 0 Å². The van der Waals surface area contributed by atoms with Crippen LogP contribution in [0.5, 0.6) is 11.5 Å². The standard InChI is InChI=1S/C14H17NO4/c1-15(2)11(4-6-14(16)17)10-3-5-12-13(9-10)19-8-7-18-12/h3-6,9,11H,7-8H2,1-2H3,(H,16,17)/b6-4+. The van der Waals surface area contributed by atoms with Crippen LogP contribution in [0.3, 0.4) is 0 Å². The van der Waals surface area contributed by atoms with Gasteiger partial charge in [0.25, 0.3) is 0 Å². The van der Waals surface area contributed by atoms with Crippen molar-refractivity contribution in [2.45, 2.75) is 6.04 Å². The van der Waals surface area contributed by atoms with Gasteiger partial charge in [-0.3, -0.25) is 4.90 Å². The van der Waals surface area contributed by atoms with Gasteiger partial charge in [-0.1, -0.05) is 12.1 Å². The summed E-state index contributed by atoms with van der Waals surface area (Å²) in [6.07, 6.45) is 2.80. The summed E-state index contributed by atoms with van der Waals surface area (Å²) < 4.78 is 11.0. The third kappa shape index (κ3) is 3.26. The predicted molar refractivity (Wildman–Crippen MR) is 70.6 cm³/mol. The molecule has 1 aliphatic heterocycles. The SMILES string of the molecule is CN(C)C(/C=C/C(=O)O)c1ccc2c(c1)OCCO2. The average Bonchev–Trinajstić information content (AvgIpc) is 2.38. The molecule has 1 aromatic carbocycles. The topological polar surface area (TPSA) is 59.0 Å². The zero-order valence-corrected chi connectivity index (χ0v) is 11.0. The van der Waals surface area contributed by atoms with E-state index in [2.05, 4.69) is 0 Å². The van der Waals surface area contributed by atoms with Crippen LogP contribution in [0.2, 0.25) is 0 Å². The monoisotopic (exact) mass is 263 g/mol. The minimum absolute atomic E-state index is 0.119. The Morgan fingerprint density at radius 1 is 1.32 bits per heavy atom. The Balaban J connectivity index is 2.29. The summed E-state index contributed by atoms with van der Waals surface area (Å²) in [4.78, 5) is 12.6.